The Labute approximate surface area is 451 Å². The maximum Gasteiger partial charge on any atom is 0.397 e. The lowest BCUT2D eigenvalue weighted by Crippen LogP contribution is -2.60. The molecule has 6 atom stereocenters. The molecule has 1 fully saturated rings. The van der Waals surface area contributed by atoms with Gasteiger partial charge in [-0.15, -0.1) is 0 Å². The van der Waals surface area contributed by atoms with Gasteiger partial charge < -0.3 is 34.3 Å². The van der Waals surface area contributed by atoms with Crippen LogP contribution >= 0.6 is 0 Å². The molecule has 74 heavy (non-hydrogen) atoms. The molecule has 430 valence electrons. The number of rotatable bonds is 52. The van der Waals surface area contributed by atoms with Crippen LogP contribution in [0.2, 0.25) is 0 Å². The van der Waals surface area contributed by atoms with E-state index in [1.54, 1.807) is 0 Å². The van der Waals surface area contributed by atoms with Crippen molar-refractivity contribution in [2.75, 3.05) is 26.4 Å². The third-order valence-corrected chi connectivity index (χ3v) is 13.8. The normalized spacial score (nSPS) is 19.2. The van der Waals surface area contributed by atoms with E-state index >= 15 is 0 Å². The SMILES string of the molecule is CC/C=C\C/C=C\C/C=C\C/C=C\CCCCCCCCCCCCCCCOCC(COC1OC(CO)C(O)C(OS(=O)(=O)O)C1O)OC(=O)CCCCCCCCCCC/C=C\C/C=C\CCCCCCC. The fraction of sp³-hybridized carbons (Fsp3) is 0.787. The fourth-order valence-electron chi connectivity index (χ4n) is 8.87. The summed E-state index contributed by atoms with van der Waals surface area (Å²) < 4.78 is 59.5. The first-order chi connectivity index (χ1) is 36.1. The number of allylic oxidation sites excluding steroid dienone is 12. The average molecular weight is 1070 g/mol. The Hall–Kier alpha value is -2.46. The van der Waals surface area contributed by atoms with Crippen molar-refractivity contribution in [1.82, 2.24) is 0 Å². The highest BCUT2D eigenvalue weighted by molar-refractivity contribution is 7.80. The van der Waals surface area contributed by atoms with Crippen molar-refractivity contribution in [1.29, 1.82) is 0 Å². The lowest BCUT2D eigenvalue weighted by molar-refractivity contribution is -0.301. The Morgan fingerprint density at radius 3 is 1.36 bits per heavy atom. The van der Waals surface area contributed by atoms with Crippen molar-refractivity contribution in [3.63, 3.8) is 0 Å². The van der Waals surface area contributed by atoms with E-state index in [1.807, 2.05) is 0 Å². The molecule has 13 heteroatoms. The van der Waals surface area contributed by atoms with Gasteiger partial charge in [-0.2, -0.15) is 8.42 Å². The number of aliphatic hydroxyl groups is 3. The van der Waals surface area contributed by atoms with Gasteiger partial charge in [0.2, 0.25) is 0 Å². The third-order valence-electron chi connectivity index (χ3n) is 13.3. The number of unbranched alkanes of at least 4 members (excludes halogenated alkanes) is 27. The van der Waals surface area contributed by atoms with Crippen molar-refractivity contribution in [2.45, 2.75) is 282 Å². The second kappa shape index (κ2) is 51.3. The van der Waals surface area contributed by atoms with Crippen LogP contribution in [0.1, 0.15) is 245 Å². The molecule has 0 aromatic rings. The summed E-state index contributed by atoms with van der Waals surface area (Å²) in [5.41, 5.74) is 0. The van der Waals surface area contributed by atoms with Gasteiger partial charge in [0.25, 0.3) is 0 Å². The Kier molecular flexibility index (Phi) is 48.2. The average Bonchev–Trinajstić information content (AvgIpc) is 3.38. The molecule has 1 aliphatic heterocycles. The number of hydrogen-bond acceptors (Lipinski definition) is 11. The van der Waals surface area contributed by atoms with Crippen LogP contribution in [0.5, 0.6) is 0 Å². The minimum absolute atomic E-state index is 0.0315. The van der Waals surface area contributed by atoms with Crippen molar-refractivity contribution < 1.29 is 56.2 Å². The van der Waals surface area contributed by atoms with Crippen LogP contribution < -0.4 is 0 Å². The summed E-state index contributed by atoms with van der Waals surface area (Å²) in [6.45, 7) is 3.89. The molecule has 6 unspecified atom stereocenters. The minimum atomic E-state index is -5.07. The fourth-order valence-corrected chi connectivity index (χ4v) is 9.38. The highest BCUT2D eigenvalue weighted by Crippen LogP contribution is 2.26. The predicted octanol–water partition coefficient (Wildman–Crippen LogP) is 15.0. The third kappa shape index (κ3) is 43.6. The van der Waals surface area contributed by atoms with Gasteiger partial charge in [-0.1, -0.05) is 228 Å². The number of ether oxygens (including phenoxy) is 4. The summed E-state index contributed by atoms with van der Waals surface area (Å²) in [5.74, 6) is -0.403. The first-order valence-electron chi connectivity index (χ1n) is 29.7. The Morgan fingerprint density at radius 2 is 0.932 bits per heavy atom. The second-order valence-corrected chi connectivity index (χ2v) is 21.3. The van der Waals surface area contributed by atoms with Gasteiger partial charge in [-0.3, -0.25) is 9.35 Å². The number of aliphatic hydroxyl groups excluding tert-OH is 3. The van der Waals surface area contributed by atoms with Gasteiger partial charge in [0.05, 0.1) is 19.8 Å². The molecular formula is C61H108O12S. The minimum Gasteiger partial charge on any atom is -0.457 e. The molecule has 1 aliphatic rings. The van der Waals surface area contributed by atoms with E-state index in [0.717, 1.165) is 77.0 Å². The molecule has 1 heterocycles. The van der Waals surface area contributed by atoms with Gasteiger partial charge in [0, 0.05) is 13.0 Å². The molecule has 0 radical (unpaired) electrons. The summed E-state index contributed by atoms with van der Waals surface area (Å²) >= 11 is 0. The Bertz CT molecular complexity index is 1560. The lowest BCUT2D eigenvalue weighted by Gasteiger charge is -2.41. The standard InChI is InChI=1S/C61H108O12S/c1-3-5-7-9-11-13-15-17-19-21-23-25-26-27-28-29-31-33-35-37-39-41-43-45-47-49-51-69-53-55(54-70-61-59(65)60(73-74(66,67)68)58(64)56(52-62)72-61)71-57(63)50-48-46-44-42-40-38-36-34-32-30-24-22-20-18-16-14-12-10-8-6-4-2/h5,7,11,13,16-19,22-25,55-56,58-62,64-65H,3-4,6,8-10,12,14-15,20-21,26-54H2,1-2H3,(H,66,67,68)/b7-5-,13-11-,18-16-,19-17-,24-22-,25-23-. The molecule has 1 rings (SSSR count). The van der Waals surface area contributed by atoms with Gasteiger partial charge in [0.15, 0.2) is 6.29 Å². The number of esters is 1. The van der Waals surface area contributed by atoms with Gasteiger partial charge in [-0.25, -0.2) is 4.18 Å². The summed E-state index contributed by atoms with van der Waals surface area (Å²) in [7, 11) is -5.07. The molecule has 1 saturated heterocycles. The van der Waals surface area contributed by atoms with Crippen LogP contribution in [-0.2, 0) is 38.3 Å². The predicted molar refractivity (Wildman–Crippen MR) is 303 cm³/mol. The Balaban J connectivity index is 2.28. The first-order valence-corrected chi connectivity index (χ1v) is 31.1. The highest BCUT2D eigenvalue weighted by atomic mass is 32.3. The van der Waals surface area contributed by atoms with Gasteiger partial charge >= 0.3 is 16.4 Å². The summed E-state index contributed by atoms with van der Waals surface area (Å²) in [4.78, 5) is 13.0. The van der Waals surface area contributed by atoms with E-state index in [2.05, 4.69) is 90.9 Å². The van der Waals surface area contributed by atoms with E-state index in [1.165, 1.54) is 141 Å². The van der Waals surface area contributed by atoms with Crippen LogP contribution in [0.15, 0.2) is 72.9 Å². The van der Waals surface area contributed by atoms with Crippen LogP contribution in [-0.4, -0.2) is 97.5 Å². The second-order valence-electron chi connectivity index (χ2n) is 20.2. The zero-order valence-electron chi connectivity index (χ0n) is 46.6. The highest BCUT2D eigenvalue weighted by Gasteiger charge is 2.48. The van der Waals surface area contributed by atoms with Crippen molar-refractivity contribution in [3.05, 3.63) is 72.9 Å². The number of carbonyl (C=O) groups is 1. The summed E-state index contributed by atoms with van der Waals surface area (Å²) in [6.07, 6.45) is 59.4. The van der Waals surface area contributed by atoms with Crippen molar-refractivity contribution >= 4 is 16.4 Å². The van der Waals surface area contributed by atoms with E-state index in [-0.39, 0.29) is 19.6 Å². The van der Waals surface area contributed by atoms with Gasteiger partial charge in [-0.05, 0) is 83.5 Å². The monoisotopic (exact) mass is 1060 g/mol. The molecule has 4 N–H and O–H groups in total. The molecular weight excluding hydrogens is 957 g/mol. The van der Waals surface area contributed by atoms with Crippen molar-refractivity contribution in [2.24, 2.45) is 0 Å². The van der Waals surface area contributed by atoms with Crippen LogP contribution in [0.3, 0.4) is 0 Å². The topological polar surface area (TPSA) is 178 Å². The van der Waals surface area contributed by atoms with E-state index < -0.39 is 59.8 Å². The summed E-state index contributed by atoms with van der Waals surface area (Å²) in [5, 5.41) is 30.9. The maximum absolute atomic E-state index is 13.0. The largest absolute Gasteiger partial charge is 0.457 e. The molecule has 0 amide bonds. The zero-order valence-corrected chi connectivity index (χ0v) is 47.5. The van der Waals surface area contributed by atoms with Crippen molar-refractivity contribution in [3.8, 4) is 0 Å². The molecule has 12 nitrogen and oxygen atoms in total. The van der Waals surface area contributed by atoms with Crippen LogP contribution in [0, 0.1) is 0 Å². The smallest absolute Gasteiger partial charge is 0.397 e. The van der Waals surface area contributed by atoms with E-state index in [9.17, 15) is 33.1 Å². The van der Waals surface area contributed by atoms with Crippen LogP contribution in [0.25, 0.3) is 0 Å². The van der Waals surface area contributed by atoms with E-state index in [4.69, 9.17) is 18.9 Å². The molecule has 0 aromatic heterocycles. The number of carbonyl (C=O) groups excluding carboxylic acids is 1. The molecule has 0 spiro atoms. The maximum atomic E-state index is 13.0. The molecule has 0 saturated carbocycles. The molecule has 0 aromatic carbocycles. The van der Waals surface area contributed by atoms with Crippen LogP contribution in [0.4, 0.5) is 0 Å². The molecule has 0 aliphatic carbocycles. The first kappa shape index (κ1) is 69.6. The summed E-state index contributed by atoms with van der Waals surface area (Å²) in [6, 6.07) is 0. The number of hydrogen-bond donors (Lipinski definition) is 4. The quantitative estimate of drug-likeness (QED) is 0.0196. The van der Waals surface area contributed by atoms with Gasteiger partial charge in [0.1, 0.15) is 30.5 Å². The Morgan fingerprint density at radius 1 is 0.527 bits per heavy atom. The molecule has 0 bridgehead atoms. The zero-order chi connectivity index (χ0) is 53.8. The van der Waals surface area contributed by atoms with E-state index in [0.29, 0.717) is 13.0 Å². The lowest BCUT2D eigenvalue weighted by atomic mass is 9.99.